The van der Waals surface area contributed by atoms with Gasteiger partial charge in [-0.1, -0.05) is 42.5 Å². The van der Waals surface area contributed by atoms with Crippen molar-refractivity contribution in [1.82, 2.24) is 0 Å². The molecule has 3 aromatic rings. The Morgan fingerprint density at radius 1 is 0.897 bits per heavy atom. The first-order chi connectivity index (χ1) is 18.9. The van der Waals surface area contributed by atoms with E-state index in [2.05, 4.69) is 0 Å². The lowest BCUT2D eigenvalue weighted by atomic mass is 9.82. The molecule has 1 aliphatic heterocycles. The fourth-order valence-corrected chi connectivity index (χ4v) is 5.04. The quantitative estimate of drug-likeness (QED) is 0.339. The van der Waals surface area contributed by atoms with E-state index in [4.69, 9.17) is 28.4 Å². The van der Waals surface area contributed by atoms with Crippen molar-refractivity contribution in [2.75, 3.05) is 35.0 Å². The van der Waals surface area contributed by atoms with Crippen molar-refractivity contribution in [2.24, 2.45) is 11.8 Å². The lowest BCUT2D eigenvalue weighted by Crippen LogP contribution is -2.31. The van der Waals surface area contributed by atoms with E-state index in [1.165, 1.54) is 27.4 Å². The third-order valence-corrected chi connectivity index (χ3v) is 7.02. The van der Waals surface area contributed by atoms with Gasteiger partial charge in [0.05, 0.1) is 20.8 Å². The molecule has 2 N–H and O–H groups in total. The topological polar surface area (TPSA) is 113 Å². The maximum absolute atomic E-state index is 13.5. The Morgan fingerprint density at radius 2 is 1.56 bits per heavy atom. The largest absolute Gasteiger partial charge is 0.504 e. The smallest absolute Gasteiger partial charge is 0.340 e. The van der Waals surface area contributed by atoms with Gasteiger partial charge in [0.2, 0.25) is 0 Å². The van der Waals surface area contributed by atoms with Gasteiger partial charge in [0.25, 0.3) is 0 Å². The van der Waals surface area contributed by atoms with Crippen LogP contribution in [0.1, 0.15) is 28.9 Å². The summed E-state index contributed by atoms with van der Waals surface area (Å²) in [5, 5.41) is 20.3. The molecule has 208 valence electrons. The second kappa shape index (κ2) is 12.8. The normalized spacial score (nSPS) is 20.3. The Bertz CT molecular complexity index is 1250. The van der Waals surface area contributed by atoms with E-state index >= 15 is 0 Å². The van der Waals surface area contributed by atoms with Crippen LogP contribution >= 0.6 is 0 Å². The van der Waals surface area contributed by atoms with E-state index in [1.54, 1.807) is 49.6 Å². The van der Waals surface area contributed by atoms with Crippen molar-refractivity contribution < 1.29 is 43.4 Å². The molecule has 0 spiro atoms. The van der Waals surface area contributed by atoms with Crippen molar-refractivity contribution in [2.45, 2.75) is 24.9 Å². The van der Waals surface area contributed by atoms with Gasteiger partial charge in [-0.25, -0.2) is 4.79 Å². The minimum atomic E-state index is -0.937. The summed E-state index contributed by atoms with van der Waals surface area (Å²) < 4.78 is 34.0. The molecule has 0 saturated carbocycles. The van der Waals surface area contributed by atoms with E-state index in [0.717, 1.165) is 5.56 Å². The summed E-state index contributed by atoms with van der Waals surface area (Å²) in [5.74, 6) is -0.516. The van der Waals surface area contributed by atoms with Crippen LogP contribution < -0.4 is 9.47 Å². The van der Waals surface area contributed by atoms with Gasteiger partial charge in [0.15, 0.2) is 35.4 Å². The minimum Gasteiger partial charge on any atom is -0.504 e. The van der Waals surface area contributed by atoms with E-state index in [9.17, 15) is 15.0 Å². The number of phenolic OH excluding ortho intramolecular Hbond substituents is 2. The van der Waals surface area contributed by atoms with Crippen LogP contribution in [0.5, 0.6) is 23.0 Å². The molecule has 0 amide bonds. The first kappa shape index (κ1) is 28.2. The fourth-order valence-electron chi connectivity index (χ4n) is 5.04. The highest BCUT2D eigenvalue weighted by Gasteiger charge is 2.45. The summed E-state index contributed by atoms with van der Waals surface area (Å²) in [6, 6.07) is 19.1. The highest BCUT2D eigenvalue weighted by Crippen LogP contribution is 2.44. The molecule has 1 heterocycles. The number of rotatable bonds is 11. The van der Waals surface area contributed by atoms with Gasteiger partial charge in [-0.3, -0.25) is 0 Å². The Kier molecular flexibility index (Phi) is 9.29. The summed E-state index contributed by atoms with van der Waals surface area (Å²) in [4.78, 5) is 13.5. The van der Waals surface area contributed by atoms with Gasteiger partial charge >= 0.3 is 5.97 Å². The molecule has 1 fully saturated rings. The van der Waals surface area contributed by atoms with Crippen molar-refractivity contribution in [1.29, 1.82) is 0 Å². The van der Waals surface area contributed by atoms with Crippen LogP contribution in [-0.4, -0.2) is 57.5 Å². The standard InChI is InChI=1S/C30H34O9/c1-34-25-15-18(10-12-23(25)31)14-21-22(17-38-30(21)37-4)27(20-11-13-24(32)26(16-20)35-2)39-29(33)28(36-3)19-8-6-5-7-9-19/h5-13,15-16,21-22,27-28,30-32H,14,17H2,1-4H3/t21-,22-,27-,28+,30+/m0/s1. The van der Waals surface area contributed by atoms with Crippen molar-refractivity contribution in [3.8, 4) is 23.0 Å². The zero-order valence-electron chi connectivity index (χ0n) is 22.4. The molecule has 4 rings (SSSR count). The van der Waals surface area contributed by atoms with Crippen LogP contribution in [0.4, 0.5) is 0 Å². The number of esters is 1. The molecular formula is C30H34O9. The van der Waals surface area contributed by atoms with E-state index < -0.39 is 24.5 Å². The number of methoxy groups -OCH3 is 4. The molecule has 0 radical (unpaired) electrons. The van der Waals surface area contributed by atoms with Crippen LogP contribution in [0, 0.1) is 11.8 Å². The van der Waals surface area contributed by atoms with Crippen LogP contribution in [0.3, 0.4) is 0 Å². The number of aromatic hydroxyl groups is 2. The molecule has 3 aromatic carbocycles. The number of carbonyl (C=O) groups is 1. The van der Waals surface area contributed by atoms with Crippen molar-refractivity contribution in [3.63, 3.8) is 0 Å². The van der Waals surface area contributed by atoms with E-state index in [1.807, 2.05) is 18.2 Å². The molecule has 9 heteroatoms. The average molecular weight is 539 g/mol. The highest BCUT2D eigenvalue weighted by molar-refractivity contribution is 5.77. The molecule has 0 unspecified atom stereocenters. The number of hydrogen-bond acceptors (Lipinski definition) is 9. The molecule has 5 atom stereocenters. The summed E-state index contributed by atoms with van der Waals surface area (Å²) >= 11 is 0. The SMILES string of the molecule is COc1cc(C[C@@H]2[C@H](OC)OC[C@@H]2[C@@H](OC(=O)[C@H](OC)c2ccccc2)c2ccc(O)c(OC)c2)ccc1O. The van der Waals surface area contributed by atoms with Gasteiger partial charge in [-0.2, -0.15) is 0 Å². The molecule has 39 heavy (non-hydrogen) atoms. The first-order valence-corrected chi connectivity index (χ1v) is 12.6. The minimum absolute atomic E-state index is 0.0319. The maximum Gasteiger partial charge on any atom is 0.340 e. The zero-order chi connectivity index (χ0) is 27.9. The number of carbonyl (C=O) groups excluding carboxylic acids is 1. The summed E-state index contributed by atoms with van der Waals surface area (Å²) in [7, 11) is 5.97. The summed E-state index contributed by atoms with van der Waals surface area (Å²) in [6.07, 6.45) is -1.79. The number of benzene rings is 3. The lowest BCUT2D eigenvalue weighted by Gasteiger charge is -2.30. The van der Waals surface area contributed by atoms with Crippen LogP contribution in [0.15, 0.2) is 66.7 Å². The van der Waals surface area contributed by atoms with Gasteiger partial charge in [0.1, 0.15) is 6.10 Å². The highest BCUT2D eigenvalue weighted by atomic mass is 16.7. The third-order valence-electron chi connectivity index (χ3n) is 7.02. The van der Waals surface area contributed by atoms with Crippen LogP contribution in [0.2, 0.25) is 0 Å². The molecule has 0 aromatic heterocycles. The second-order valence-corrected chi connectivity index (χ2v) is 9.29. The molecule has 9 nitrogen and oxygen atoms in total. The third kappa shape index (κ3) is 6.27. The molecule has 0 aliphatic carbocycles. The Balaban J connectivity index is 1.71. The zero-order valence-corrected chi connectivity index (χ0v) is 22.4. The van der Waals surface area contributed by atoms with Gasteiger partial charge in [-0.15, -0.1) is 0 Å². The van der Waals surface area contributed by atoms with Gasteiger partial charge in [-0.05, 0) is 47.4 Å². The molecule has 1 aliphatic rings. The second-order valence-electron chi connectivity index (χ2n) is 9.29. The average Bonchev–Trinajstić information content (AvgIpc) is 3.36. The van der Waals surface area contributed by atoms with E-state index in [-0.39, 0.29) is 35.7 Å². The molecule has 0 bridgehead atoms. The fraction of sp³-hybridized carbons (Fsp3) is 0.367. The van der Waals surface area contributed by atoms with Gasteiger partial charge in [0, 0.05) is 26.1 Å². The molecular weight excluding hydrogens is 504 g/mol. The summed E-state index contributed by atoms with van der Waals surface area (Å²) in [5.41, 5.74) is 2.18. The number of ether oxygens (including phenoxy) is 6. The van der Waals surface area contributed by atoms with Crippen molar-refractivity contribution >= 4 is 5.97 Å². The molecule has 1 saturated heterocycles. The predicted molar refractivity (Wildman–Crippen MR) is 142 cm³/mol. The van der Waals surface area contributed by atoms with Crippen LogP contribution in [-0.2, 0) is 30.2 Å². The number of phenols is 2. The van der Waals surface area contributed by atoms with Crippen molar-refractivity contribution in [3.05, 3.63) is 83.4 Å². The van der Waals surface area contributed by atoms with Gasteiger partial charge < -0.3 is 38.6 Å². The van der Waals surface area contributed by atoms with Crippen LogP contribution in [0.25, 0.3) is 0 Å². The monoisotopic (exact) mass is 538 g/mol. The number of hydrogen-bond donors (Lipinski definition) is 2. The Morgan fingerprint density at radius 3 is 2.21 bits per heavy atom. The Labute approximate surface area is 227 Å². The Hall–Kier alpha value is -3.79. The maximum atomic E-state index is 13.5. The predicted octanol–water partition coefficient (Wildman–Crippen LogP) is 4.56. The van der Waals surface area contributed by atoms with E-state index in [0.29, 0.717) is 23.3 Å². The lowest BCUT2D eigenvalue weighted by molar-refractivity contribution is -0.166. The first-order valence-electron chi connectivity index (χ1n) is 12.6. The summed E-state index contributed by atoms with van der Waals surface area (Å²) in [6.45, 7) is 0.252.